The molecule has 0 bridgehead atoms. The fourth-order valence-corrected chi connectivity index (χ4v) is 2.44. The summed E-state index contributed by atoms with van der Waals surface area (Å²) in [5.41, 5.74) is 8.55. The van der Waals surface area contributed by atoms with Crippen LogP contribution in [-0.2, 0) is 6.54 Å². The van der Waals surface area contributed by atoms with Crippen LogP contribution in [0.4, 0.5) is 5.69 Å². The van der Waals surface area contributed by atoms with E-state index in [2.05, 4.69) is 0 Å². The third-order valence-corrected chi connectivity index (χ3v) is 4.10. The normalized spacial score (nSPS) is 10.5. The number of nitrogens with zero attached hydrogens (tertiary/aromatic N) is 1. The lowest BCUT2D eigenvalue weighted by atomic mass is 10.1. The zero-order valence-electron chi connectivity index (χ0n) is 11.9. The van der Waals surface area contributed by atoms with Gasteiger partial charge in [0.25, 0.3) is 5.91 Å². The summed E-state index contributed by atoms with van der Waals surface area (Å²) in [4.78, 5) is 14.1. The SMILES string of the molecule is Cc1c(Cl)cccc1C(=O)N(C)Cc1cc(N)ccc1Cl. The van der Waals surface area contributed by atoms with Crippen LogP contribution >= 0.6 is 23.2 Å². The van der Waals surface area contributed by atoms with Crippen molar-refractivity contribution in [2.75, 3.05) is 12.8 Å². The number of nitrogens with two attached hydrogens (primary N) is 1. The molecule has 2 rings (SSSR count). The molecule has 0 saturated heterocycles. The molecule has 0 spiro atoms. The molecule has 2 aromatic carbocycles. The van der Waals surface area contributed by atoms with Crippen LogP contribution < -0.4 is 5.73 Å². The van der Waals surface area contributed by atoms with Gasteiger partial charge in [-0.25, -0.2) is 0 Å². The van der Waals surface area contributed by atoms with E-state index in [9.17, 15) is 4.79 Å². The number of hydrogen-bond acceptors (Lipinski definition) is 2. The highest BCUT2D eigenvalue weighted by molar-refractivity contribution is 6.32. The van der Waals surface area contributed by atoms with E-state index in [0.717, 1.165) is 11.1 Å². The Morgan fingerprint density at radius 2 is 1.90 bits per heavy atom. The number of nitrogen functional groups attached to an aromatic ring is 1. The van der Waals surface area contributed by atoms with Crippen molar-refractivity contribution in [3.63, 3.8) is 0 Å². The lowest BCUT2D eigenvalue weighted by molar-refractivity contribution is 0.0784. The molecule has 0 aliphatic rings. The maximum absolute atomic E-state index is 12.5. The minimum absolute atomic E-state index is 0.103. The van der Waals surface area contributed by atoms with Crippen LogP contribution in [0.5, 0.6) is 0 Å². The predicted octanol–water partition coefficient (Wildman–Crippen LogP) is 4.16. The molecule has 0 heterocycles. The quantitative estimate of drug-likeness (QED) is 0.862. The van der Waals surface area contributed by atoms with Gasteiger partial charge in [-0.1, -0.05) is 29.3 Å². The van der Waals surface area contributed by atoms with Crippen LogP contribution in [0.25, 0.3) is 0 Å². The molecule has 0 saturated carbocycles. The molecule has 5 heteroatoms. The van der Waals surface area contributed by atoms with Gasteiger partial charge in [0.15, 0.2) is 0 Å². The van der Waals surface area contributed by atoms with Crippen molar-refractivity contribution in [1.29, 1.82) is 0 Å². The summed E-state index contributed by atoms with van der Waals surface area (Å²) >= 11 is 12.2. The fourth-order valence-electron chi connectivity index (χ4n) is 2.09. The smallest absolute Gasteiger partial charge is 0.254 e. The molecular weight excluding hydrogens is 307 g/mol. The van der Waals surface area contributed by atoms with Crippen molar-refractivity contribution in [3.8, 4) is 0 Å². The molecule has 0 aliphatic carbocycles. The van der Waals surface area contributed by atoms with Crippen molar-refractivity contribution in [2.45, 2.75) is 13.5 Å². The molecule has 0 radical (unpaired) electrons. The van der Waals surface area contributed by atoms with Gasteiger partial charge in [0, 0.05) is 34.9 Å². The average molecular weight is 323 g/mol. The summed E-state index contributed by atoms with van der Waals surface area (Å²) in [6.07, 6.45) is 0. The number of halogens is 2. The van der Waals surface area contributed by atoms with Gasteiger partial charge in [0.05, 0.1) is 0 Å². The van der Waals surface area contributed by atoms with Crippen molar-refractivity contribution in [1.82, 2.24) is 4.90 Å². The van der Waals surface area contributed by atoms with Gasteiger partial charge < -0.3 is 10.6 Å². The number of rotatable bonds is 3. The van der Waals surface area contributed by atoms with Gasteiger partial charge in [-0.15, -0.1) is 0 Å². The highest BCUT2D eigenvalue weighted by Gasteiger charge is 2.16. The van der Waals surface area contributed by atoms with Crippen LogP contribution in [0.1, 0.15) is 21.5 Å². The summed E-state index contributed by atoms with van der Waals surface area (Å²) in [5.74, 6) is -0.103. The molecule has 110 valence electrons. The van der Waals surface area contributed by atoms with Crippen LogP contribution in [-0.4, -0.2) is 17.9 Å². The van der Waals surface area contributed by atoms with E-state index in [1.54, 1.807) is 48.3 Å². The third kappa shape index (κ3) is 3.49. The first-order chi connectivity index (χ1) is 9.90. The molecule has 0 fully saturated rings. The maximum atomic E-state index is 12.5. The Labute approximate surface area is 134 Å². The summed E-state index contributed by atoms with van der Waals surface area (Å²) in [6.45, 7) is 2.21. The molecule has 0 atom stereocenters. The Kier molecular flexibility index (Phi) is 4.76. The van der Waals surface area contributed by atoms with Crippen LogP contribution in [0.2, 0.25) is 10.0 Å². The van der Waals surface area contributed by atoms with Gasteiger partial charge in [-0.3, -0.25) is 4.79 Å². The van der Waals surface area contributed by atoms with Crippen LogP contribution in [0.3, 0.4) is 0 Å². The first kappa shape index (κ1) is 15.7. The summed E-state index contributed by atoms with van der Waals surface area (Å²) < 4.78 is 0. The van der Waals surface area contributed by atoms with Crippen LogP contribution in [0.15, 0.2) is 36.4 Å². The molecule has 1 amide bonds. The minimum atomic E-state index is -0.103. The standard InChI is InChI=1S/C16H16Cl2N2O/c1-10-13(4-3-5-14(10)17)16(21)20(2)9-11-8-12(19)6-7-15(11)18/h3-8H,9,19H2,1-2H3. The molecular formula is C16H16Cl2N2O. The second-order valence-electron chi connectivity index (χ2n) is 4.92. The molecule has 0 aliphatic heterocycles. The van der Waals surface area contributed by atoms with Crippen molar-refractivity contribution < 1.29 is 4.79 Å². The van der Waals surface area contributed by atoms with E-state index in [0.29, 0.717) is 27.8 Å². The topological polar surface area (TPSA) is 46.3 Å². The third-order valence-electron chi connectivity index (χ3n) is 3.32. The summed E-state index contributed by atoms with van der Waals surface area (Å²) in [5, 5.41) is 1.17. The molecule has 21 heavy (non-hydrogen) atoms. The minimum Gasteiger partial charge on any atom is -0.399 e. The van der Waals surface area contributed by atoms with Gasteiger partial charge in [-0.2, -0.15) is 0 Å². The Morgan fingerprint density at radius 1 is 1.19 bits per heavy atom. The lowest BCUT2D eigenvalue weighted by Gasteiger charge is -2.19. The van der Waals surface area contributed by atoms with Gasteiger partial charge in [0.1, 0.15) is 0 Å². The summed E-state index contributed by atoms with van der Waals surface area (Å²) in [7, 11) is 1.72. The number of benzene rings is 2. The molecule has 2 N–H and O–H groups in total. The van der Waals surface area contributed by atoms with E-state index in [1.165, 1.54) is 0 Å². The summed E-state index contributed by atoms with van der Waals surface area (Å²) in [6, 6.07) is 10.5. The Bertz CT molecular complexity index is 686. The van der Waals surface area contributed by atoms with Gasteiger partial charge in [0.2, 0.25) is 0 Å². The van der Waals surface area contributed by atoms with E-state index >= 15 is 0 Å². The Hall–Kier alpha value is -1.71. The zero-order valence-corrected chi connectivity index (χ0v) is 13.4. The van der Waals surface area contributed by atoms with Gasteiger partial charge in [-0.05, 0) is 48.4 Å². The lowest BCUT2D eigenvalue weighted by Crippen LogP contribution is -2.27. The maximum Gasteiger partial charge on any atom is 0.254 e. The van der Waals surface area contributed by atoms with Crippen molar-refractivity contribution >= 4 is 34.8 Å². The van der Waals surface area contributed by atoms with Gasteiger partial charge >= 0.3 is 0 Å². The Balaban J connectivity index is 2.24. The predicted molar refractivity (Wildman–Crippen MR) is 87.9 cm³/mol. The molecule has 2 aromatic rings. The average Bonchev–Trinajstić information content (AvgIpc) is 2.45. The van der Waals surface area contributed by atoms with E-state index < -0.39 is 0 Å². The number of carbonyl (C=O) groups excluding carboxylic acids is 1. The first-order valence-corrected chi connectivity index (χ1v) is 7.20. The molecule has 0 unspecified atom stereocenters. The zero-order chi connectivity index (χ0) is 15.6. The van der Waals surface area contributed by atoms with E-state index in [-0.39, 0.29) is 5.91 Å². The largest absolute Gasteiger partial charge is 0.399 e. The van der Waals surface area contributed by atoms with E-state index in [1.807, 2.05) is 6.92 Å². The number of hydrogen-bond donors (Lipinski definition) is 1. The number of anilines is 1. The molecule has 3 nitrogen and oxygen atoms in total. The fraction of sp³-hybridized carbons (Fsp3) is 0.188. The van der Waals surface area contributed by atoms with E-state index in [4.69, 9.17) is 28.9 Å². The van der Waals surface area contributed by atoms with Crippen molar-refractivity contribution in [3.05, 3.63) is 63.1 Å². The number of carbonyl (C=O) groups is 1. The second-order valence-corrected chi connectivity index (χ2v) is 5.74. The monoisotopic (exact) mass is 322 g/mol. The Morgan fingerprint density at radius 3 is 2.62 bits per heavy atom. The molecule has 0 aromatic heterocycles. The van der Waals surface area contributed by atoms with Crippen molar-refractivity contribution in [2.24, 2.45) is 0 Å². The second kappa shape index (κ2) is 6.37. The van der Waals surface area contributed by atoms with Crippen LogP contribution in [0, 0.1) is 6.92 Å². The number of amides is 1. The first-order valence-electron chi connectivity index (χ1n) is 6.44. The highest BCUT2D eigenvalue weighted by Crippen LogP contribution is 2.23. The highest BCUT2D eigenvalue weighted by atomic mass is 35.5.